The Morgan fingerprint density at radius 1 is 0.970 bits per heavy atom. The SMILES string of the molecule is CC#C[C@@H](CC(=O)OC)c1ccc(OCc2cccc(-c3ccccc3)c2C(F)(F)F)cc1. The fraction of sp³-hybridized carbons (Fsp3) is 0.222. The third-order valence-corrected chi connectivity index (χ3v) is 5.11. The molecule has 0 radical (unpaired) electrons. The maximum absolute atomic E-state index is 14.0. The third-order valence-electron chi connectivity index (χ3n) is 5.11. The van der Waals surface area contributed by atoms with Crippen LogP contribution in [0.1, 0.15) is 36.0 Å². The highest BCUT2D eigenvalue weighted by atomic mass is 19.4. The van der Waals surface area contributed by atoms with Gasteiger partial charge >= 0.3 is 12.1 Å². The summed E-state index contributed by atoms with van der Waals surface area (Å²) in [5.41, 5.74) is 0.745. The number of methoxy groups -OCH3 is 1. The highest BCUT2D eigenvalue weighted by Gasteiger charge is 2.36. The molecule has 0 aliphatic carbocycles. The Morgan fingerprint density at radius 3 is 2.27 bits per heavy atom. The minimum atomic E-state index is -4.53. The Morgan fingerprint density at radius 2 is 1.67 bits per heavy atom. The van der Waals surface area contributed by atoms with Crippen molar-refractivity contribution in [3.63, 3.8) is 0 Å². The Kier molecular flexibility index (Phi) is 7.78. The van der Waals surface area contributed by atoms with Gasteiger partial charge in [-0.3, -0.25) is 4.79 Å². The van der Waals surface area contributed by atoms with Gasteiger partial charge in [-0.1, -0.05) is 66.6 Å². The zero-order valence-electron chi connectivity index (χ0n) is 18.3. The lowest BCUT2D eigenvalue weighted by Gasteiger charge is -2.18. The van der Waals surface area contributed by atoms with Crippen molar-refractivity contribution >= 4 is 5.97 Å². The molecule has 6 heteroatoms. The molecule has 0 saturated carbocycles. The van der Waals surface area contributed by atoms with Gasteiger partial charge in [-0.2, -0.15) is 13.2 Å². The van der Waals surface area contributed by atoms with Crippen LogP contribution >= 0.6 is 0 Å². The highest BCUT2D eigenvalue weighted by molar-refractivity contribution is 5.71. The van der Waals surface area contributed by atoms with E-state index < -0.39 is 11.7 Å². The Bertz CT molecular complexity index is 1140. The van der Waals surface area contributed by atoms with E-state index in [1.807, 2.05) is 0 Å². The van der Waals surface area contributed by atoms with Gasteiger partial charge < -0.3 is 9.47 Å². The molecule has 3 aromatic rings. The van der Waals surface area contributed by atoms with Gasteiger partial charge in [-0.05, 0) is 35.7 Å². The number of alkyl halides is 3. The second-order valence-electron chi connectivity index (χ2n) is 7.29. The first kappa shape index (κ1) is 23.9. The quantitative estimate of drug-likeness (QED) is 0.298. The number of ether oxygens (including phenoxy) is 2. The number of carbonyl (C=O) groups is 1. The van der Waals surface area contributed by atoms with E-state index in [1.54, 1.807) is 67.6 Å². The third kappa shape index (κ3) is 6.17. The van der Waals surface area contributed by atoms with Crippen LogP contribution in [0.5, 0.6) is 5.75 Å². The molecule has 0 N–H and O–H groups in total. The standard InChI is InChI=1S/C27H23F3O3/c1-3-8-21(17-25(31)32-2)19-13-15-23(16-14-19)33-18-22-11-7-12-24(26(22)27(28,29)30)20-9-5-4-6-10-20/h4-7,9-16,21H,17-18H2,1-2H3/t21-/m0/s1. The first-order valence-corrected chi connectivity index (χ1v) is 10.3. The van der Waals surface area contributed by atoms with Crippen molar-refractivity contribution in [3.8, 4) is 28.7 Å². The lowest BCUT2D eigenvalue weighted by Crippen LogP contribution is -2.13. The zero-order valence-corrected chi connectivity index (χ0v) is 18.3. The van der Waals surface area contributed by atoms with E-state index >= 15 is 0 Å². The Labute approximate surface area is 191 Å². The molecule has 0 aliphatic heterocycles. The summed E-state index contributed by atoms with van der Waals surface area (Å²) in [7, 11) is 1.32. The van der Waals surface area contributed by atoms with E-state index in [0.717, 1.165) is 5.56 Å². The molecule has 170 valence electrons. The molecule has 0 spiro atoms. The molecule has 0 aromatic heterocycles. The van der Waals surface area contributed by atoms with E-state index in [9.17, 15) is 18.0 Å². The van der Waals surface area contributed by atoms with Crippen molar-refractivity contribution < 1.29 is 27.4 Å². The van der Waals surface area contributed by atoms with Crippen molar-refractivity contribution in [1.29, 1.82) is 0 Å². The van der Waals surface area contributed by atoms with Crippen LogP contribution in [0, 0.1) is 11.8 Å². The topological polar surface area (TPSA) is 35.5 Å². The molecule has 3 rings (SSSR count). The van der Waals surface area contributed by atoms with Gasteiger partial charge in [0.15, 0.2) is 0 Å². The van der Waals surface area contributed by atoms with E-state index in [1.165, 1.54) is 19.2 Å². The summed E-state index contributed by atoms with van der Waals surface area (Å²) in [4.78, 5) is 11.6. The largest absolute Gasteiger partial charge is 0.489 e. The predicted molar refractivity (Wildman–Crippen MR) is 120 cm³/mol. The number of esters is 1. The second kappa shape index (κ2) is 10.7. The smallest absolute Gasteiger partial charge is 0.417 e. The van der Waals surface area contributed by atoms with E-state index in [0.29, 0.717) is 11.3 Å². The van der Waals surface area contributed by atoms with Crippen molar-refractivity contribution in [2.24, 2.45) is 0 Å². The average molecular weight is 452 g/mol. The summed E-state index contributed by atoms with van der Waals surface area (Å²) < 4.78 is 52.3. The molecule has 3 nitrogen and oxygen atoms in total. The first-order valence-electron chi connectivity index (χ1n) is 10.3. The van der Waals surface area contributed by atoms with Gasteiger partial charge in [0.25, 0.3) is 0 Å². The summed E-state index contributed by atoms with van der Waals surface area (Å²) in [5.74, 6) is 5.48. The van der Waals surface area contributed by atoms with Crippen LogP contribution in [0.25, 0.3) is 11.1 Å². The van der Waals surface area contributed by atoms with Gasteiger partial charge in [0.05, 0.1) is 25.0 Å². The molecule has 0 saturated heterocycles. The maximum Gasteiger partial charge on any atom is 0.417 e. The molecular formula is C27H23F3O3. The van der Waals surface area contributed by atoms with Crippen LogP contribution in [0.15, 0.2) is 72.8 Å². The van der Waals surface area contributed by atoms with Crippen LogP contribution in [0.2, 0.25) is 0 Å². The average Bonchev–Trinajstić information content (AvgIpc) is 2.82. The van der Waals surface area contributed by atoms with Crippen molar-refractivity contribution in [2.45, 2.75) is 32.0 Å². The lowest BCUT2D eigenvalue weighted by molar-refractivity contribution is -0.141. The highest BCUT2D eigenvalue weighted by Crippen LogP contribution is 2.39. The molecule has 0 aliphatic rings. The molecule has 1 atom stereocenters. The molecule has 0 fully saturated rings. The Hall–Kier alpha value is -3.72. The molecule has 0 bridgehead atoms. The van der Waals surface area contributed by atoms with Crippen LogP contribution in [0.3, 0.4) is 0 Å². The summed E-state index contributed by atoms with van der Waals surface area (Å²) in [6.45, 7) is 1.44. The summed E-state index contributed by atoms with van der Waals surface area (Å²) >= 11 is 0. The van der Waals surface area contributed by atoms with E-state index in [2.05, 4.69) is 11.8 Å². The van der Waals surface area contributed by atoms with Crippen molar-refractivity contribution in [2.75, 3.05) is 7.11 Å². The fourth-order valence-corrected chi connectivity index (χ4v) is 3.55. The predicted octanol–water partition coefficient (Wildman–Crippen LogP) is 6.62. The first-order chi connectivity index (χ1) is 15.8. The van der Waals surface area contributed by atoms with Crippen LogP contribution in [-0.2, 0) is 22.3 Å². The molecule has 0 heterocycles. The maximum atomic E-state index is 14.0. The van der Waals surface area contributed by atoms with Gasteiger partial charge in [0.2, 0.25) is 0 Å². The van der Waals surface area contributed by atoms with Gasteiger partial charge in [-0.15, -0.1) is 5.92 Å². The lowest BCUT2D eigenvalue weighted by atomic mass is 9.95. The number of carbonyl (C=O) groups excluding carboxylic acids is 1. The van der Waals surface area contributed by atoms with Gasteiger partial charge in [-0.25, -0.2) is 0 Å². The van der Waals surface area contributed by atoms with Crippen molar-refractivity contribution in [3.05, 3.63) is 89.5 Å². The normalized spacial score (nSPS) is 11.8. The van der Waals surface area contributed by atoms with Crippen LogP contribution < -0.4 is 4.74 Å². The van der Waals surface area contributed by atoms with Gasteiger partial charge in [0, 0.05) is 5.56 Å². The van der Waals surface area contributed by atoms with Crippen molar-refractivity contribution in [1.82, 2.24) is 0 Å². The molecule has 0 unspecified atom stereocenters. The number of halogens is 3. The molecule has 0 amide bonds. The summed E-state index contributed by atoms with van der Waals surface area (Å²) in [5, 5.41) is 0. The number of hydrogen-bond donors (Lipinski definition) is 0. The summed E-state index contributed by atoms with van der Waals surface area (Å²) in [6, 6.07) is 19.8. The van der Waals surface area contributed by atoms with Crippen LogP contribution in [-0.4, -0.2) is 13.1 Å². The molecule has 3 aromatic carbocycles. The minimum absolute atomic E-state index is 0.0494. The van der Waals surface area contributed by atoms with Gasteiger partial charge in [0.1, 0.15) is 12.4 Å². The fourth-order valence-electron chi connectivity index (χ4n) is 3.55. The molecule has 33 heavy (non-hydrogen) atoms. The Balaban J connectivity index is 1.82. The molecular weight excluding hydrogens is 429 g/mol. The summed E-state index contributed by atoms with van der Waals surface area (Å²) in [6.07, 6.45) is -4.42. The second-order valence-corrected chi connectivity index (χ2v) is 7.29. The minimum Gasteiger partial charge on any atom is -0.489 e. The monoisotopic (exact) mass is 452 g/mol. The van der Waals surface area contributed by atoms with Crippen LogP contribution in [0.4, 0.5) is 13.2 Å². The van der Waals surface area contributed by atoms with E-state index in [-0.39, 0.29) is 36.0 Å². The number of rotatable bonds is 7. The number of hydrogen-bond acceptors (Lipinski definition) is 3. The number of benzene rings is 3. The van der Waals surface area contributed by atoms with E-state index in [4.69, 9.17) is 9.47 Å². The zero-order chi connectivity index (χ0) is 23.8.